The van der Waals surface area contributed by atoms with Crippen LogP contribution >= 0.6 is 15.9 Å². The number of nitrogens with one attached hydrogen (secondary N) is 1. The fraction of sp³-hybridized carbons (Fsp3) is 0.182. The maximum Gasteiger partial charge on any atom is 0.0582 e. The smallest absolute Gasteiger partial charge is 0.0582 e. The average Bonchev–Trinajstić information content (AvgIpc) is 2.74. The number of rotatable bonds is 4. The third-order valence-corrected chi connectivity index (χ3v) is 2.78. The lowest BCUT2D eigenvalue weighted by Crippen LogP contribution is -2.10. The predicted molar refractivity (Wildman–Crippen MR) is 64.9 cm³/mol. The van der Waals surface area contributed by atoms with Gasteiger partial charge in [0, 0.05) is 29.1 Å². The second kappa shape index (κ2) is 4.98. The summed E-state index contributed by atoms with van der Waals surface area (Å²) >= 11 is 3.49. The van der Waals surface area contributed by atoms with E-state index in [2.05, 4.69) is 26.3 Å². The zero-order valence-electron chi connectivity index (χ0n) is 8.23. The first kappa shape index (κ1) is 10.2. The van der Waals surface area contributed by atoms with Gasteiger partial charge in [-0.2, -0.15) is 5.10 Å². The quantitative estimate of drug-likeness (QED) is 0.922. The van der Waals surface area contributed by atoms with Crippen molar-refractivity contribution in [2.45, 2.75) is 6.54 Å². The molecule has 0 amide bonds. The molecule has 0 aliphatic heterocycles. The van der Waals surface area contributed by atoms with E-state index in [1.165, 1.54) is 0 Å². The van der Waals surface area contributed by atoms with Crippen LogP contribution in [0.3, 0.4) is 0 Å². The van der Waals surface area contributed by atoms with Gasteiger partial charge in [-0.1, -0.05) is 12.1 Å². The van der Waals surface area contributed by atoms with Gasteiger partial charge >= 0.3 is 0 Å². The minimum absolute atomic E-state index is 0.865. The lowest BCUT2D eigenvalue weighted by atomic mass is 10.3. The van der Waals surface area contributed by atoms with E-state index in [1.807, 2.05) is 41.2 Å². The molecule has 0 saturated heterocycles. The highest BCUT2D eigenvalue weighted by Gasteiger charge is 1.96. The number of halogens is 1. The first-order valence-corrected chi connectivity index (χ1v) is 5.61. The molecule has 0 atom stereocenters. The maximum atomic E-state index is 4.13. The zero-order chi connectivity index (χ0) is 10.5. The van der Waals surface area contributed by atoms with Crippen molar-refractivity contribution >= 4 is 21.6 Å². The van der Waals surface area contributed by atoms with Gasteiger partial charge in [-0.25, -0.2) is 0 Å². The van der Waals surface area contributed by atoms with Crippen LogP contribution in [0.1, 0.15) is 0 Å². The molecule has 78 valence electrons. The molecule has 3 nitrogen and oxygen atoms in total. The van der Waals surface area contributed by atoms with E-state index in [9.17, 15) is 0 Å². The molecule has 0 spiro atoms. The average molecular weight is 266 g/mol. The molecule has 1 heterocycles. The Hall–Kier alpha value is -1.29. The van der Waals surface area contributed by atoms with E-state index >= 15 is 0 Å². The van der Waals surface area contributed by atoms with E-state index in [0.717, 1.165) is 23.2 Å². The molecule has 0 unspecified atom stereocenters. The summed E-state index contributed by atoms with van der Waals surface area (Å²) in [6, 6.07) is 10.0. The molecule has 2 aromatic rings. The summed E-state index contributed by atoms with van der Waals surface area (Å²) in [5, 5.41) is 7.48. The number of hydrogen-bond acceptors (Lipinski definition) is 2. The molecule has 1 N–H and O–H groups in total. The molecule has 0 saturated carbocycles. The van der Waals surface area contributed by atoms with Crippen LogP contribution in [-0.2, 0) is 6.54 Å². The molecule has 0 radical (unpaired) electrons. The van der Waals surface area contributed by atoms with Crippen LogP contribution in [0.15, 0.2) is 47.2 Å². The number of benzene rings is 1. The molecule has 0 aliphatic rings. The number of nitrogens with zero attached hydrogens (tertiary/aromatic N) is 2. The Labute approximate surface area is 97.2 Å². The van der Waals surface area contributed by atoms with Crippen LogP contribution < -0.4 is 5.32 Å². The van der Waals surface area contributed by atoms with Gasteiger partial charge in [0.25, 0.3) is 0 Å². The summed E-state index contributed by atoms with van der Waals surface area (Å²) in [7, 11) is 0. The molecule has 4 heteroatoms. The molecule has 0 aliphatic carbocycles. The van der Waals surface area contributed by atoms with Crippen molar-refractivity contribution < 1.29 is 0 Å². The van der Waals surface area contributed by atoms with E-state index in [4.69, 9.17) is 0 Å². The molecule has 2 rings (SSSR count). The molecule has 1 aromatic carbocycles. The van der Waals surface area contributed by atoms with Crippen molar-refractivity contribution in [3.8, 4) is 0 Å². The SMILES string of the molecule is Brc1ccccc1NCCn1cccn1. The summed E-state index contributed by atoms with van der Waals surface area (Å²) in [5.41, 5.74) is 1.12. The summed E-state index contributed by atoms with van der Waals surface area (Å²) in [6.45, 7) is 1.73. The molecule has 15 heavy (non-hydrogen) atoms. The van der Waals surface area contributed by atoms with Crippen molar-refractivity contribution in [2.75, 3.05) is 11.9 Å². The van der Waals surface area contributed by atoms with Gasteiger partial charge in [0.1, 0.15) is 0 Å². The zero-order valence-corrected chi connectivity index (χ0v) is 9.81. The Balaban J connectivity index is 1.86. The lowest BCUT2D eigenvalue weighted by Gasteiger charge is -2.07. The van der Waals surface area contributed by atoms with Gasteiger partial charge in [-0.3, -0.25) is 4.68 Å². The largest absolute Gasteiger partial charge is 0.382 e. The van der Waals surface area contributed by atoms with Crippen LogP contribution in [0.2, 0.25) is 0 Å². The Bertz CT molecular complexity index is 412. The van der Waals surface area contributed by atoms with E-state index in [1.54, 1.807) is 6.20 Å². The van der Waals surface area contributed by atoms with Crippen molar-refractivity contribution in [1.82, 2.24) is 9.78 Å². The molecular weight excluding hydrogens is 254 g/mol. The van der Waals surface area contributed by atoms with Crippen molar-refractivity contribution in [3.05, 3.63) is 47.2 Å². The summed E-state index contributed by atoms with van der Waals surface area (Å²) in [6.07, 6.45) is 3.75. The van der Waals surface area contributed by atoms with Gasteiger partial charge in [-0.15, -0.1) is 0 Å². The Morgan fingerprint density at radius 1 is 1.27 bits per heavy atom. The summed E-state index contributed by atoms with van der Waals surface area (Å²) in [4.78, 5) is 0. The minimum Gasteiger partial charge on any atom is -0.382 e. The predicted octanol–water partition coefficient (Wildman–Crippen LogP) is 2.76. The summed E-state index contributed by atoms with van der Waals surface area (Å²) in [5.74, 6) is 0. The number of para-hydroxylation sites is 1. The first-order valence-electron chi connectivity index (χ1n) is 4.82. The van der Waals surface area contributed by atoms with E-state index in [-0.39, 0.29) is 0 Å². The topological polar surface area (TPSA) is 29.9 Å². The monoisotopic (exact) mass is 265 g/mol. The number of aromatic nitrogens is 2. The van der Waals surface area contributed by atoms with Crippen LogP contribution in [-0.4, -0.2) is 16.3 Å². The van der Waals surface area contributed by atoms with Crippen molar-refractivity contribution in [3.63, 3.8) is 0 Å². The molecule has 0 bridgehead atoms. The van der Waals surface area contributed by atoms with E-state index in [0.29, 0.717) is 0 Å². The highest BCUT2D eigenvalue weighted by Crippen LogP contribution is 2.20. The molecule has 0 fully saturated rings. The van der Waals surface area contributed by atoms with Gasteiger partial charge in [-0.05, 0) is 34.1 Å². The second-order valence-corrected chi connectivity index (χ2v) is 4.03. The summed E-state index contributed by atoms with van der Waals surface area (Å²) < 4.78 is 2.99. The standard InChI is InChI=1S/C11H12BrN3/c12-10-4-1-2-5-11(10)13-7-9-15-8-3-6-14-15/h1-6,8,13H,7,9H2. The van der Waals surface area contributed by atoms with Crippen molar-refractivity contribution in [1.29, 1.82) is 0 Å². The van der Waals surface area contributed by atoms with Crippen LogP contribution in [0.4, 0.5) is 5.69 Å². The van der Waals surface area contributed by atoms with Gasteiger partial charge in [0.2, 0.25) is 0 Å². The van der Waals surface area contributed by atoms with Crippen LogP contribution in [0.5, 0.6) is 0 Å². The first-order chi connectivity index (χ1) is 7.36. The Morgan fingerprint density at radius 3 is 2.87 bits per heavy atom. The fourth-order valence-electron chi connectivity index (χ4n) is 1.34. The number of anilines is 1. The third-order valence-electron chi connectivity index (χ3n) is 2.09. The maximum absolute atomic E-state index is 4.13. The number of hydrogen-bond donors (Lipinski definition) is 1. The van der Waals surface area contributed by atoms with Crippen LogP contribution in [0.25, 0.3) is 0 Å². The fourth-order valence-corrected chi connectivity index (χ4v) is 1.77. The third kappa shape index (κ3) is 2.83. The normalized spacial score (nSPS) is 10.2. The van der Waals surface area contributed by atoms with Crippen molar-refractivity contribution in [2.24, 2.45) is 0 Å². The minimum atomic E-state index is 0.865. The van der Waals surface area contributed by atoms with Crippen LogP contribution in [0, 0.1) is 0 Å². The molecule has 1 aromatic heterocycles. The van der Waals surface area contributed by atoms with Gasteiger partial charge in [0.05, 0.1) is 6.54 Å². The van der Waals surface area contributed by atoms with E-state index < -0.39 is 0 Å². The highest BCUT2D eigenvalue weighted by molar-refractivity contribution is 9.10. The van der Waals surface area contributed by atoms with Gasteiger partial charge in [0.15, 0.2) is 0 Å². The Kier molecular flexibility index (Phi) is 3.40. The molecular formula is C11H12BrN3. The second-order valence-electron chi connectivity index (χ2n) is 3.18. The Morgan fingerprint density at radius 2 is 2.13 bits per heavy atom. The lowest BCUT2D eigenvalue weighted by molar-refractivity contribution is 0.638. The highest BCUT2D eigenvalue weighted by atomic mass is 79.9. The van der Waals surface area contributed by atoms with Gasteiger partial charge < -0.3 is 5.32 Å².